The average molecular weight is 209 g/mol. The van der Waals surface area contributed by atoms with Crippen molar-refractivity contribution in [2.45, 2.75) is 26.6 Å². The van der Waals surface area contributed by atoms with Gasteiger partial charge in [-0.2, -0.15) is 0 Å². The van der Waals surface area contributed by atoms with Crippen LogP contribution in [0.2, 0.25) is 0 Å². The monoisotopic (exact) mass is 209 g/mol. The van der Waals surface area contributed by atoms with Gasteiger partial charge >= 0.3 is 5.97 Å². The number of aromatic nitrogens is 1. The Kier molecular flexibility index (Phi) is 4.77. The minimum absolute atomic E-state index is 0.0134. The van der Waals surface area contributed by atoms with Crippen LogP contribution in [0.25, 0.3) is 0 Å². The Morgan fingerprint density at radius 2 is 2.07 bits per heavy atom. The summed E-state index contributed by atoms with van der Waals surface area (Å²) < 4.78 is 10.1. The van der Waals surface area contributed by atoms with Crippen molar-refractivity contribution in [1.29, 1.82) is 0 Å². The van der Waals surface area contributed by atoms with Crippen molar-refractivity contribution in [3.63, 3.8) is 0 Å². The van der Waals surface area contributed by atoms with Crippen LogP contribution in [0, 0.1) is 0 Å². The van der Waals surface area contributed by atoms with E-state index >= 15 is 0 Å². The van der Waals surface area contributed by atoms with E-state index in [-0.39, 0.29) is 18.7 Å². The Bertz CT molecular complexity index is 298. The summed E-state index contributed by atoms with van der Waals surface area (Å²) in [4.78, 5) is 15.0. The zero-order chi connectivity index (χ0) is 11.1. The highest BCUT2D eigenvalue weighted by Gasteiger charge is 2.04. The van der Waals surface area contributed by atoms with E-state index in [9.17, 15) is 4.79 Å². The van der Waals surface area contributed by atoms with E-state index in [1.807, 2.05) is 12.1 Å². The highest BCUT2D eigenvalue weighted by atomic mass is 16.6. The van der Waals surface area contributed by atoms with Gasteiger partial charge in [0.05, 0.1) is 12.7 Å². The molecule has 0 aromatic carbocycles. The maximum Gasteiger partial charge on any atom is 0.332 e. The van der Waals surface area contributed by atoms with Crippen molar-refractivity contribution in [3.05, 3.63) is 30.1 Å². The van der Waals surface area contributed by atoms with Gasteiger partial charge in [-0.3, -0.25) is 4.98 Å². The van der Waals surface area contributed by atoms with Gasteiger partial charge in [0.2, 0.25) is 0 Å². The normalized spacial score (nSPS) is 10.3. The van der Waals surface area contributed by atoms with E-state index in [0.29, 0.717) is 6.61 Å². The number of hydrogen-bond donors (Lipinski definition) is 0. The van der Waals surface area contributed by atoms with Crippen molar-refractivity contribution in [3.8, 4) is 0 Å². The lowest BCUT2D eigenvalue weighted by Gasteiger charge is -2.08. The highest BCUT2D eigenvalue weighted by Crippen LogP contribution is 1.99. The standard InChI is InChI=1S/C11H15NO3/c1-9(2)15-11(13)8-14-7-10-3-5-12-6-4-10/h3-6,9H,7-8H2,1-2H3. The van der Waals surface area contributed by atoms with Crippen molar-refractivity contribution < 1.29 is 14.3 Å². The first-order chi connectivity index (χ1) is 7.18. The first-order valence-corrected chi connectivity index (χ1v) is 4.84. The Balaban J connectivity index is 2.19. The molecule has 4 heteroatoms. The second-order valence-corrected chi connectivity index (χ2v) is 3.39. The topological polar surface area (TPSA) is 48.4 Å². The molecule has 0 aliphatic heterocycles. The van der Waals surface area contributed by atoms with Crippen LogP contribution in [-0.2, 0) is 20.9 Å². The molecule has 1 aromatic rings. The number of esters is 1. The van der Waals surface area contributed by atoms with Gasteiger partial charge in [-0.1, -0.05) is 0 Å². The third-order valence-corrected chi connectivity index (χ3v) is 1.61. The zero-order valence-corrected chi connectivity index (χ0v) is 8.97. The largest absolute Gasteiger partial charge is 0.461 e. The molecule has 82 valence electrons. The van der Waals surface area contributed by atoms with Crippen LogP contribution in [0.4, 0.5) is 0 Å². The highest BCUT2D eigenvalue weighted by molar-refractivity contribution is 5.70. The predicted octanol–water partition coefficient (Wildman–Crippen LogP) is 1.55. The number of nitrogens with zero attached hydrogens (tertiary/aromatic N) is 1. The molecule has 0 unspecified atom stereocenters. The maximum absolute atomic E-state index is 11.1. The molecule has 1 rings (SSSR count). The molecular formula is C11H15NO3. The van der Waals surface area contributed by atoms with Crippen molar-refractivity contribution in [2.75, 3.05) is 6.61 Å². The van der Waals surface area contributed by atoms with E-state index in [2.05, 4.69) is 4.98 Å². The minimum Gasteiger partial charge on any atom is -0.461 e. The van der Waals surface area contributed by atoms with Gasteiger partial charge in [-0.05, 0) is 31.5 Å². The number of carbonyl (C=O) groups excluding carboxylic acids is 1. The number of rotatable bonds is 5. The molecule has 0 radical (unpaired) electrons. The van der Waals surface area contributed by atoms with Crippen molar-refractivity contribution in [1.82, 2.24) is 4.98 Å². The Labute approximate surface area is 89.2 Å². The summed E-state index contributed by atoms with van der Waals surface area (Å²) in [5.41, 5.74) is 0.988. The lowest BCUT2D eigenvalue weighted by atomic mass is 10.3. The number of ether oxygens (including phenoxy) is 2. The predicted molar refractivity (Wildman–Crippen MR) is 55.1 cm³/mol. The molecular weight excluding hydrogens is 194 g/mol. The summed E-state index contributed by atoms with van der Waals surface area (Å²) in [5.74, 6) is -0.334. The lowest BCUT2D eigenvalue weighted by Crippen LogP contribution is -2.16. The van der Waals surface area contributed by atoms with E-state index in [1.165, 1.54) is 0 Å². The van der Waals surface area contributed by atoms with Gasteiger partial charge in [0.25, 0.3) is 0 Å². The third-order valence-electron chi connectivity index (χ3n) is 1.61. The molecule has 0 spiro atoms. The maximum atomic E-state index is 11.1. The van der Waals surface area contributed by atoms with Crippen LogP contribution in [0.3, 0.4) is 0 Å². The van der Waals surface area contributed by atoms with Crippen LogP contribution in [-0.4, -0.2) is 23.7 Å². The second kappa shape index (κ2) is 6.14. The molecule has 1 heterocycles. The lowest BCUT2D eigenvalue weighted by molar-refractivity contribution is -0.153. The van der Waals surface area contributed by atoms with Crippen molar-refractivity contribution >= 4 is 5.97 Å². The smallest absolute Gasteiger partial charge is 0.332 e. The molecule has 15 heavy (non-hydrogen) atoms. The average Bonchev–Trinajstić information content (AvgIpc) is 2.18. The van der Waals surface area contributed by atoms with E-state index in [4.69, 9.17) is 9.47 Å². The molecule has 0 aliphatic rings. The second-order valence-electron chi connectivity index (χ2n) is 3.39. The summed E-state index contributed by atoms with van der Waals surface area (Å²) in [6.07, 6.45) is 3.28. The number of pyridine rings is 1. The SMILES string of the molecule is CC(C)OC(=O)COCc1ccncc1. The Morgan fingerprint density at radius 1 is 1.40 bits per heavy atom. The first-order valence-electron chi connectivity index (χ1n) is 4.84. The number of hydrogen-bond acceptors (Lipinski definition) is 4. The van der Waals surface area contributed by atoms with Gasteiger partial charge in [-0.25, -0.2) is 4.79 Å². The molecule has 4 nitrogen and oxygen atoms in total. The summed E-state index contributed by atoms with van der Waals surface area (Å²) in [7, 11) is 0. The molecule has 0 fully saturated rings. The quantitative estimate of drug-likeness (QED) is 0.690. The van der Waals surface area contributed by atoms with Gasteiger partial charge < -0.3 is 9.47 Å². The molecule has 0 N–H and O–H groups in total. The molecule has 1 aromatic heterocycles. The molecule has 0 amide bonds. The van der Waals surface area contributed by atoms with Crippen LogP contribution in [0.1, 0.15) is 19.4 Å². The zero-order valence-electron chi connectivity index (χ0n) is 8.97. The van der Waals surface area contributed by atoms with Crippen LogP contribution in [0.15, 0.2) is 24.5 Å². The van der Waals surface area contributed by atoms with Gasteiger partial charge in [-0.15, -0.1) is 0 Å². The van der Waals surface area contributed by atoms with E-state index in [0.717, 1.165) is 5.56 Å². The summed E-state index contributed by atoms with van der Waals surface area (Å²) in [5, 5.41) is 0. The minimum atomic E-state index is -0.334. The molecule has 0 bridgehead atoms. The Morgan fingerprint density at radius 3 is 2.67 bits per heavy atom. The van der Waals surface area contributed by atoms with Crippen LogP contribution < -0.4 is 0 Å². The fourth-order valence-electron chi connectivity index (χ4n) is 1.03. The fraction of sp³-hybridized carbons (Fsp3) is 0.455. The van der Waals surface area contributed by atoms with Crippen LogP contribution in [0.5, 0.6) is 0 Å². The van der Waals surface area contributed by atoms with E-state index < -0.39 is 0 Å². The summed E-state index contributed by atoms with van der Waals surface area (Å²) >= 11 is 0. The molecule has 0 saturated carbocycles. The molecule has 0 aliphatic carbocycles. The number of carbonyl (C=O) groups is 1. The van der Waals surface area contributed by atoms with Gasteiger partial charge in [0, 0.05) is 12.4 Å². The van der Waals surface area contributed by atoms with Gasteiger partial charge in [0.1, 0.15) is 6.61 Å². The third kappa shape index (κ3) is 5.12. The molecule has 0 saturated heterocycles. The Hall–Kier alpha value is -1.42. The van der Waals surface area contributed by atoms with Crippen molar-refractivity contribution in [2.24, 2.45) is 0 Å². The van der Waals surface area contributed by atoms with Gasteiger partial charge in [0.15, 0.2) is 0 Å². The van der Waals surface area contributed by atoms with E-state index in [1.54, 1.807) is 26.2 Å². The summed E-state index contributed by atoms with van der Waals surface area (Å²) in [6, 6.07) is 3.68. The fourth-order valence-corrected chi connectivity index (χ4v) is 1.03. The molecule has 0 atom stereocenters. The van der Waals surface area contributed by atoms with Crippen LogP contribution >= 0.6 is 0 Å². The first kappa shape index (κ1) is 11.7. The summed E-state index contributed by atoms with van der Waals surface area (Å²) in [6.45, 7) is 4.00.